The van der Waals surface area contributed by atoms with Crippen LogP contribution in [0.15, 0.2) is 24.7 Å². The number of hydrogen-bond acceptors (Lipinski definition) is 5. The molecule has 2 aromatic heterocycles. The highest BCUT2D eigenvalue weighted by molar-refractivity contribution is 5.85. The lowest BCUT2D eigenvalue weighted by Gasteiger charge is -2.40. The molecular formula is C19H32Cl2N6. The normalized spacial score (nSPS) is 16.1. The molecule has 1 fully saturated rings. The van der Waals surface area contributed by atoms with Crippen molar-refractivity contribution in [3.05, 3.63) is 41.7 Å². The molecule has 0 amide bonds. The zero-order valence-electron chi connectivity index (χ0n) is 16.7. The molecule has 152 valence electrons. The van der Waals surface area contributed by atoms with Crippen molar-refractivity contribution >= 4 is 24.8 Å². The van der Waals surface area contributed by atoms with Gasteiger partial charge in [-0.1, -0.05) is 6.07 Å². The first kappa shape index (κ1) is 23.8. The molecule has 0 spiro atoms. The number of aromatic nitrogens is 4. The van der Waals surface area contributed by atoms with E-state index in [9.17, 15) is 0 Å². The Hall–Kier alpha value is -1.21. The molecular weight excluding hydrogens is 383 g/mol. The van der Waals surface area contributed by atoms with E-state index in [1.807, 2.05) is 12.5 Å². The van der Waals surface area contributed by atoms with Gasteiger partial charge in [-0.3, -0.25) is 9.88 Å². The first-order valence-corrected chi connectivity index (χ1v) is 9.21. The van der Waals surface area contributed by atoms with Crippen molar-refractivity contribution < 1.29 is 0 Å². The molecule has 0 aromatic carbocycles. The van der Waals surface area contributed by atoms with Gasteiger partial charge in [0.25, 0.3) is 0 Å². The smallest absolute Gasteiger partial charge is 0.147 e. The van der Waals surface area contributed by atoms with E-state index in [4.69, 9.17) is 4.98 Å². The molecule has 6 nitrogen and oxygen atoms in total. The lowest BCUT2D eigenvalue weighted by atomic mass is 9.75. The second-order valence-electron chi connectivity index (χ2n) is 7.67. The van der Waals surface area contributed by atoms with Gasteiger partial charge in [-0.05, 0) is 65.4 Å². The van der Waals surface area contributed by atoms with Gasteiger partial charge >= 0.3 is 0 Å². The van der Waals surface area contributed by atoms with Crippen molar-refractivity contribution in [2.45, 2.75) is 51.6 Å². The van der Waals surface area contributed by atoms with Gasteiger partial charge in [0, 0.05) is 29.9 Å². The molecule has 1 aliphatic heterocycles. The van der Waals surface area contributed by atoms with Crippen molar-refractivity contribution in [2.75, 3.05) is 26.7 Å². The second-order valence-corrected chi connectivity index (χ2v) is 7.67. The van der Waals surface area contributed by atoms with Gasteiger partial charge in [-0.25, -0.2) is 0 Å². The van der Waals surface area contributed by atoms with E-state index in [1.54, 1.807) is 0 Å². The fourth-order valence-electron chi connectivity index (χ4n) is 3.81. The van der Waals surface area contributed by atoms with Crippen LogP contribution in [-0.4, -0.2) is 51.3 Å². The number of pyridine rings is 1. The highest BCUT2D eigenvalue weighted by atomic mass is 35.5. The van der Waals surface area contributed by atoms with Gasteiger partial charge in [0.1, 0.15) is 12.2 Å². The Morgan fingerprint density at radius 1 is 1.22 bits per heavy atom. The van der Waals surface area contributed by atoms with Crippen LogP contribution in [0, 0.1) is 6.92 Å². The van der Waals surface area contributed by atoms with Crippen LogP contribution in [-0.2, 0) is 12.0 Å². The van der Waals surface area contributed by atoms with Gasteiger partial charge in [0.05, 0.1) is 6.54 Å². The standard InChI is InChI=1S/C19H30N6.2ClH/c1-15(2)25-14-22-23-18(25)12-24(4)13-19(7-9-20-10-8-19)17-6-5-16(3)11-21-17;;/h5-6,11,14-15,20H,7-10,12-13H2,1-4H3;2*1H. The van der Waals surface area contributed by atoms with Crippen molar-refractivity contribution in [3.8, 4) is 0 Å². The van der Waals surface area contributed by atoms with Crippen LogP contribution in [0.2, 0.25) is 0 Å². The molecule has 0 bridgehead atoms. The summed E-state index contributed by atoms with van der Waals surface area (Å²) < 4.78 is 2.15. The average Bonchev–Trinajstić information content (AvgIpc) is 3.04. The van der Waals surface area contributed by atoms with Crippen LogP contribution in [0.4, 0.5) is 0 Å². The number of nitrogens with one attached hydrogen (secondary N) is 1. The Morgan fingerprint density at radius 3 is 2.52 bits per heavy atom. The number of nitrogens with zero attached hydrogens (tertiary/aromatic N) is 5. The Bertz CT molecular complexity index is 680. The minimum atomic E-state index is 0. The summed E-state index contributed by atoms with van der Waals surface area (Å²) in [4.78, 5) is 7.15. The van der Waals surface area contributed by atoms with Crippen LogP contribution >= 0.6 is 24.8 Å². The highest BCUT2D eigenvalue weighted by Crippen LogP contribution is 2.33. The Labute approximate surface area is 175 Å². The van der Waals surface area contributed by atoms with E-state index in [0.29, 0.717) is 6.04 Å². The van der Waals surface area contributed by atoms with Crippen LogP contribution in [0.25, 0.3) is 0 Å². The summed E-state index contributed by atoms with van der Waals surface area (Å²) in [5, 5.41) is 11.9. The van der Waals surface area contributed by atoms with Crippen LogP contribution in [0.1, 0.15) is 49.8 Å². The van der Waals surface area contributed by atoms with E-state index < -0.39 is 0 Å². The van der Waals surface area contributed by atoms with Crippen molar-refractivity contribution in [1.29, 1.82) is 0 Å². The molecule has 0 atom stereocenters. The molecule has 0 unspecified atom stereocenters. The summed E-state index contributed by atoms with van der Waals surface area (Å²) in [7, 11) is 2.18. The number of hydrogen-bond donors (Lipinski definition) is 1. The van der Waals surface area contributed by atoms with Crippen molar-refractivity contribution in [3.63, 3.8) is 0 Å². The highest BCUT2D eigenvalue weighted by Gasteiger charge is 2.36. The summed E-state index contributed by atoms with van der Waals surface area (Å²) in [6.45, 7) is 10.3. The third kappa shape index (κ3) is 5.64. The molecule has 3 heterocycles. The van der Waals surface area contributed by atoms with Crippen LogP contribution < -0.4 is 5.32 Å². The summed E-state index contributed by atoms with van der Waals surface area (Å²) >= 11 is 0. The number of halogens is 2. The largest absolute Gasteiger partial charge is 0.317 e. The van der Waals surface area contributed by atoms with Crippen molar-refractivity contribution in [1.82, 2.24) is 30.0 Å². The predicted molar refractivity (Wildman–Crippen MR) is 114 cm³/mol. The summed E-state index contributed by atoms with van der Waals surface area (Å²) in [6.07, 6.45) is 6.05. The third-order valence-corrected chi connectivity index (χ3v) is 5.20. The summed E-state index contributed by atoms with van der Waals surface area (Å²) in [5.41, 5.74) is 2.54. The topological polar surface area (TPSA) is 58.9 Å². The SMILES string of the molecule is Cc1ccc(C2(CN(C)Cc3nncn3C(C)C)CCNCC2)nc1.Cl.Cl. The lowest BCUT2D eigenvalue weighted by molar-refractivity contribution is 0.187. The number of piperidine rings is 1. The molecule has 2 aromatic rings. The fraction of sp³-hybridized carbons (Fsp3) is 0.632. The zero-order chi connectivity index (χ0) is 17.9. The Morgan fingerprint density at radius 2 is 1.93 bits per heavy atom. The maximum atomic E-state index is 4.78. The van der Waals surface area contributed by atoms with E-state index >= 15 is 0 Å². The molecule has 1 aliphatic rings. The maximum absolute atomic E-state index is 4.78. The predicted octanol–water partition coefficient (Wildman–Crippen LogP) is 3.16. The number of aryl methyl sites for hydroxylation is 1. The molecule has 3 rings (SSSR count). The van der Waals surface area contributed by atoms with Gasteiger partial charge in [0.15, 0.2) is 0 Å². The number of rotatable bonds is 6. The van der Waals surface area contributed by atoms with Crippen LogP contribution in [0.5, 0.6) is 0 Å². The molecule has 1 saturated heterocycles. The molecule has 8 heteroatoms. The molecule has 0 saturated carbocycles. The minimum Gasteiger partial charge on any atom is -0.317 e. The van der Waals surface area contributed by atoms with Gasteiger partial charge in [0.2, 0.25) is 0 Å². The van der Waals surface area contributed by atoms with Crippen molar-refractivity contribution in [2.24, 2.45) is 0 Å². The summed E-state index contributed by atoms with van der Waals surface area (Å²) in [5.74, 6) is 1.03. The first-order chi connectivity index (χ1) is 12.0. The fourth-order valence-corrected chi connectivity index (χ4v) is 3.81. The lowest BCUT2D eigenvalue weighted by Crippen LogP contribution is -2.47. The van der Waals surface area contributed by atoms with Gasteiger partial charge in [-0.15, -0.1) is 35.0 Å². The minimum absolute atomic E-state index is 0. The molecule has 0 aliphatic carbocycles. The number of likely N-dealkylation sites (N-methyl/N-ethyl adjacent to an activating group) is 1. The molecule has 0 radical (unpaired) electrons. The quantitative estimate of drug-likeness (QED) is 0.786. The van der Waals surface area contributed by atoms with E-state index in [1.165, 1.54) is 11.3 Å². The second kappa shape index (κ2) is 10.4. The zero-order valence-corrected chi connectivity index (χ0v) is 18.3. The average molecular weight is 415 g/mol. The molecule has 27 heavy (non-hydrogen) atoms. The first-order valence-electron chi connectivity index (χ1n) is 9.21. The third-order valence-electron chi connectivity index (χ3n) is 5.20. The van der Waals surface area contributed by atoms with Gasteiger partial charge < -0.3 is 9.88 Å². The molecule has 1 N–H and O–H groups in total. The Kier molecular flexibility index (Phi) is 9.15. The Balaban J connectivity index is 0.00000182. The van der Waals surface area contributed by atoms with E-state index in [2.05, 4.69) is 64.9 Å². The summed E-state index contributed by atoms with van der Waals surface area (Å²) in [6, 6.07) is 4.78. The van der Waals surface area contributed by atoms with Gasteiger partial charge in [-0.2, -0.15) is 0 Å². The monoisotopic (exact) mass is 414 g/mol. The van der Waals surface area contributed by atoms with E-state index in [-0.39, 0.29) is 30.2 Å². The van der Waals surface area contributed by atoms with E-state index in [0.717, 1.165) is 44.8 Å². The maximum Gasteiger partial charge on any atom is 0.147 e. The van der Waals surface area contributed by atoms with Crippen LogP contribution in [0.3, 0.4) is 0 Å².